The number of aliphatic hydroxyl groups is 2. The molecule has 21 heavy (non-hydrogen) atoms. The van der Waals surface area contributed by atoms with E-state index in [2.05, 4.69) is 15.4 Å². The molecular formula is C11H18N2O8. The molecule has 0 radical (unpaired) electrons. The Labute approximate surface area is 120 Å². The Morgan fingerprint density at radius 3 is 2.29 bits per heavy atom. The number of esters is 1. The third-order valence-electron chi connectivity index (χ3n) is 2.79. The summed E-state index contributed by atoms with van der Waals surface area (Å²) in [7, 11) is 2.42. The van der Waals surface area contributed by atoms with Gasteiger partial charge >= 0.3 is 5.97 Å². The zero-order chi connectivity index (χ0) is 16.0. The highest BCUT2D eigenvalue weighted by Crippen LogP contribution is 2.21. The molecular weight excluding hydrogens is 288 g/mol. The van der Waals surface area contributed by atoms with Gasteiger partial charge in [-0.1, -0.05) is 0 Å². The van der Waals surface area contributed by atoms with Crippen LogP contribution in [0.5, 0.6) is 0 Å². The molecule has 0 aromatic rings. The number of hydrogen-bond donors (Lipinski definition) is 4. The summed E-state index contributed by atoms with van der Waals surface area (Å²) in [6, 6.07) is 0. The molecule has 0 spiro atoms. The molecule has 1 saturated heterocycles. The molecule has 120 valence electrons. The Balaban J connectivity index is 2.37. The van der Waals surface area contributed by atoms with Crippen molar-refractivity contribution in [3.05, 3.63) is 0 Å². The fourth-order valence-corrected chi connectivity index (χ4v) is 1.63. The van der Waals surface area contributed by atoms with Crippen LogP contribution in [0.4, 0.5) is 0 Å². The maximum atomic E-state index is 11.7. The van der Waals surface area contributed by atoms with Gasteiger partial charge < -0.3 is 35.1 Å². The van der Waals surface area contributed by atoms with Crippen LogP contribution in [0.15, 0.2) is 0 Å². The van der Waals surface area contributed by atoms with Gasteiger partial charge in [0, 0.05) is 7.11 Å². The van der Waals surface area contributed by atoms with Crippen molar-refractivity contribution in [1.82, 2.24) is 10.6 Å². The van der Waals surface area contributed by atoms with E-state index >= 15 is 0 Å². The molecule has 2 amide bonds. The van der Waals surface area contributed by atoms with E-state index in [4.69, 9.17) is 9.47 Å². The van der Waals surface area contributed by atoms with Crippen molar-refractivity contribution in [1.29, 1.82) is 0 Å². The summed E-state index contributed by atoms with van der Waals surface area (Å²) in [6.45, 7) is -0.742. The number of methoxy groups -OCH3 is 2. The van der Waals surface area contributed by atoms with Crippen LogP contribution in [0.3, 0.4) is 0 Å². The number of hydrogen-bond acceptors (Lipinski definition) is 8. The highest BCUT2D eigenvalue weighted by Gasteiger charge is 2.46. The van der Waals surface area contributed by atoms with Gasteiger partial charge in [0.05, 0.1) is 13.7 Å². The van der Waals surface area contributed by atoms with Crippen molar-refractivity contribution in [3.63, 3.8) is 0 Å². The van der Waals surface area contributed by atoms with Gasteiger partial charge in [0.2, 0.25) is 5.91 Å². The number of nitrogens with one attached hydrogen (secondary N) is 2. The van der Waals surface area contributed by atoms with Gasteiger partial charge in [-0.15, -0.1) is 0 Å². The van der Waals surface area contributed by atoms with Gasteiger partial charge in [0.15, 0.2) is 12.4 Å². The second-order valence-corrected chi connectivity index (χ2v) is 4.21. The molecule has 10 heteroatoms. The van der Waals surface area contributed by atoms with E-state index in [-0.39, 0.29) is 6.54 Å². The van der Waals surface area contributed by atoms with Crippen molar-refractivity contribution in [2.24, 2.45) is 0 Å². The molecule has 1 rings (SSSR count). The summed E-state index contributed by atoms with van der Waals surface area (Å²) in [5.74, 6) is -2.03. The predicted molar refractivity (Wildman–Crippen MR) is 65.7 cm³/mol. The van der Waals surface area contributed by atoms with Gasteiger partial charge in [0.1, 0.15) is 18.8 Å². The molecule has 1 heterocycles. The lowest BCUT2D eigenvalue weighted by molar-refractivity contribution is -0.161. The number of carbonyl (C=O) groups is 3. The molecule has 0 aliphatic carbocycles. The second kappa shape index (κ2) is 7.88. The van der Waals surface area contributed by atoms with Gasteiger partial charge in [-0.3, -0.25) is 14.4 Å². The Kier molecular flexibility index (Phi) is 6.49. The lowest BCUT2D eigenvalue weighted by Gasteiger charge is -2.14. The number of amides is 2. The molecule has 1 aliphatic rings. The molecule has 0 aromatic heterocycles. The van der Waals surface area contributed by atoms with Crippen LogP contribution in [0.1, 0.15) is 0 Å². The predicted octanol–water partition coefficient (Wildman–Crippen LogP) is -3.52. The first-order valence-electron chi connectivity index (χ1n) is 6.06. The molecule has 0 aromatic carbocycles. The maximum Gasteiger partial charge on any atom is 0.325 e. The minimum Gasteiger partial charge on any atom is -0.468 e. The maximum absolute atomic E-state index is 11.7. The van der Waals surface area contributed by atoms with Gasteiger partial charge in [0.25, 0.3) is 5.91 Å². The first-order valence-corrected chi connectivity index (χ1v) is 6.06. The zero-order valence-electron chi connectivity index (χ0n) is 11.6. The Morgan fingerprint density at radius 2 is 1.76 bits per heavy atom. The van der Waals surface area contributed by atoms with Crippen LogP contribution in [0.25, 0.3) is 0 Å². The highest BCUT2D eigenvalue weighted by molar-refractivity contribution is 5.88. The first kappa shape index (κ1) is 17.3. The lowest BCUT2D eigenvalue weighted by Crippen LogP contribution is -2.46. The van der Waals surface area contributed by atoms with E-state index in [1.54, 1.807) is 0 Å². The fourth-order valence-electron chi connectivity index (χ4n) is 1.63. The van der Waals surface area contributed by atoms with Crippen LogP contribution in [0, 0.1) is 0 Å². The number of ether oxygens (including phenoxy) is 3. The standard InChI is InChI=1S/C11H18N2O8/c1-19-6(15)4-12-5(14)3-13-10(18)9-7(16)8(17)11(20-2)21-9/h7-9,11,16-17H,3-4H2,1-2H3,(H,12,14)(H,13,18)/t7-,8+,9-,11+/m0/s1. The SMILES string of the molecule is COC(=O)CNC(=O)CNC(=O)[C@H]1O[C@@H](OC)[C@H](O)[C@@H]1O. The molecule has 1 fully saturated rings. The summed E-state index contributed by atoms with van der Waals surface area (Å²) < 4.78 is 14.1. The topological polar surface area (TPSA) is 143 Å². The van der Waals surface area contributed by atoms with Crippen LogP contribution in [-0.2, 0) is 28.6 Å². The smallest absolute Gasteiger partial charge is 0.325 e. The molecule has 0 saturated carbocycles. The summed E-state index contributed by atoms with van der Waals surface area (Å²) in [5.41, 5.74) is 0. The molecule has 1 aliphatic heterocycles. The third-order valence-corrected chi connectivity index (χ3v) is 2.79. The van der Waals surface area contributed by atoms with E-state index < -0.39 is 48.9 Å². The molecule has 4 atom stereocenters. The summed E-state index contributed by atoms with van der Waals surface area (Å²) in [6.07, 6.45) is -5.30. The normalized spacial score (nSPS) is 28.0. The van der Waals surface area contributed by atoms with Crippen molar-refractivity contribution in [3.8, 4) is 0 Å². The van der Waals surface area contributed by atoms with Crippen molar-refractivity contribution in [2.45, 2.75) is 24.6 Å². The summed E-state index contributed by atoms with van der Waals surface area (Å²) in [5, 5.41) is 23.6. The summed E-state index contributed by atoms with van der Waals surface area (Å²) in [4.78, 5) is 33.9. The molecule has 10 nitrogen and oxygen atoms in total. The number of carbonyl (C=O) groups excluding carboxylic acids is 3. The van der Waals surface area contributed by atoms with E-state index in [1.807, 2.05) is 0 Å². The van der Waals surface area contributed by atoms with E-state index in [1.165, 1.54) is 14.2 Å². The number of aliphatic hydroxyl groups excluding tert-OH is 2. The van der Waals surface area contributed by atoms with Gasteiger partial charge in [-0.2, -0.15) is 0 Å². The summed E-state index contributed by atoms with van der Waals surface area (Å²) >= 11 is 0. The number of rotatable bonds is 6. The fraction of sp³-hybridized carbons (Fsp3) is 0.727. The Hall–Kier alpha value is -1.75. The molecule has 0 bridgehead atoms. The first-order chi connectivity index (χ1) is 9.90. The van der Waals surface area contributed by atoms with Crippen LogP contribution in [0.2, 0.25) is 0 Å². The van der Waals surface area contributed by atoms with Crippen LogP contribution >= 0.6 is 0 Å². The Bertz CT molecular complexity index is 402. The van der Waals surface area contributed by atoms with Crippen LogP contribution < -0.4 is 10.6 Å². The van der Waals surface area contributed by atoms with Crippen molar-refractivity contribution >= 4 is 17.8 Å². The van der Waals surface area contributed by atoms with Crippen molar-refractivity contribution < 1.29 is 38.8 Å². The highest BCUT2D eigenvalue weighted by atomic mass is 16.7. The van der Waals surface area contributed by atoms with Gasteiger partial charge in [-0.05, 0) is 0 Å². The monoisotopic (exact) mass is 306 g/mol. The van der Waals surface area contributed by atoms with Crippen molar-refractivity contribution in [2.75, 3.05) is 27.3 Å². The zero-order valence-corrected chi connectivity index (χ0v) is 11.6. The largest absolute Gasteiger partial charge is 0.468 e. The van der Waals surface area contributed by atoms with E-state index in [0.717, 1.165) is 0 Å². The average molecular weight is 306 g/mol. The lowest BCUT2D eigenvalue weighted by atomic mass is 10.1. The van der Waals surface area contributed by atoms with E-state index in [0.29, 0.717) is 0 Å². The minimum atomic E-state index is -1.46. The second-order valence-electron chi connectivity index (χ2n) is 4.21. The average Bonchev–Trinajstić information content (AvgIpc) is 2.77. The molecule has 0 unspecified atom stereocenters. The van der Waals surface area contributed by atoms with Gasteiger partial charge in [-0.25, -0.2) is 0 Å². The van der Waals surface area contributed by atoms with Crippen LogP contribution in [-0.4, -0.2) is 79.9 Å². The minimum absolute atomic E-state index is 0.321. The third kappa shape index (κ3) is 4.63. The molecule has 4 N–H and O–H groups in total. The Morgan fingerprint density at radius 1 is 1.10 bits per heavy atom. The quantitative estimate of drug-likeness (QED) is 0.370. The van der Waals surface area contributed by atoms with E-state index in [9.17, 15) is 24.6 Å².